The highest BCUT2D eigenvalue weighted by Crippen LogP contribution is 2.33. The van der Waals surface area contributed by atoms with Crippen LogP contribution >= 0.6 is 12.4 Å². The molecule has 0 aliphatic heterocycles. The number of hydrogen-bond acceptors (Lipinski definition) is 5. The van der Waals surface area contributed by atoms with E-state index in [0.717, 1.165) is 19.2 Å². The second kappa shape index (κ2) is 8.65. The Kier molecular flexibility index (Phi) is 8.16. The van der Waals surface area contributed by atoms with Gasteiger partial charge in [-0.1, -0.05) is 0 Å². The van der Waals surface area contributed by atoms with Gasteiger partial charge >= 0.3 is 12.1 Å². The van der Waals surface area contributed by atoms with Gasteiger partial charge in [-0.2, -0.15) is 13.2 Å². The van der Waals surface area contributed by atoms with Crippen molar-refractivity contribution < 1.29 is 31.1 Å². The van der Waals surface area contributed by atoms with Gasteiger partial charge in [0.1, 0.15) is 0 Å². The van der Waals surface area contributed by atoms with Crippen LogP contribution in [0.1, 0.15) is 22.8 Å². The van der Waals surface area contributed by atoms with Gasteiger partial charge in [0, 0.05) is 12.6 Å². The molecule has 0 spiro atoms. The van der Waals surface area contributed by atoms with E-state index in [1.165, 1.54) is 0 Å². The number of carbonyl (C=O) groups excluding carboxylic acids is 1. The van der Waals surface area contributed by atoms with Crippen LogP contribution in [0, 0.1) is 0 Å². The topological polar surface area (TPSA) is 84.5 Å². The molecule has 24 heavy (non-hydrogen) atoms. The molecule has 1 atom stereocenters. The van der Waals surface area contributed by atoms with Gasteiger partial charge in [0.25, 0.3) is 0 Å². The highest BCUT2D eigenvalue weighted by atomic mass is 35.5. The third-order valence-corrected chi connectivity index (χ3v) is 4.51. The summed E-state index contributed by atoms with van der Waals surface area (Å²) in [5, 5.41) is 2.79. The van der Waals surface area contributed by atoms with E-state index in [1.54, 1.807) is 14.0 Å². The van der Waals surface area contributed by atoms with Crippen LogP contribution in [0.15, 0.2) is 23.1 Å². The number of benzene rings is 1. The number of sulfonamides is 1. The van der Waals surface area contributed by atoms with Crippen molar-refractivity contribution >= 4 is 28.4 Å². The van der Waals surface area contributed by atoms with Gasteiger partial charge in [-0.05, 0) is 32.2 Å². The minimum Gasteiger partial charge on any atom is -0.465 e. The summed E-state index contributed by atoms with van der Waals surface area (Å²) in [5.41, 5.74) is -2.11. The number of nitrogens with one attached hydrogen (secondary N) is 2. The number of alkyl halides is 3. The molecule has 0 fully saturated rings. The maximum absolute atomic E-state index is 13.0. The summed E-state index contributed by atoms with van der Waals surface area (Å²) in [6, 6.07) is 1.92. The van der Waals surface area contributed by atoms with Crippen molar-refractivity contribution in [2.45, 2.75) is 24.0 Å². The van der Waals surface area contributed by atoms with Crippen LogP contribution < -0.4 is 10.0 Å². The number of esters is 1. The van der Waals surface area contributed by atoms with Crippen LogP contribution in [0.4, 0.5) is 13.2 Å². The quantitative estimate of drug-likeness (QED) is 0.723. The van der Waals surface area contributed by atoms with Crippen LogP contribution in [0.25, 0.3) is 0 Å². The second-order valence-electron chi connectivity index (χ2n) is 4.74. The van der Waals surface area contributed by atoms with E-state index in [1.807, 2.05) is 0 Å². The van der Waals surface area contributed by atoms with Crippen LogP contribution in [0.3, 0.4) is 0 Å². The summed E-state index contributed by atoms with van der Waals surface area (Å²) in [7, 11) is -1.58. The van der Waals surface area contributed by atoms with E-state index >= 15 is 0 Å². The van der Waals surface area contributed by atoms with Crippen LogP contribution in [0.2, 0.25) is 0 Å². The normalized spacial score (nSPS) is 13.1. The van der Waals surface area contributed by atoms with Crippen molar-refractivity contribution in [3.8, 4) is 0 Å². The van der Waals surface area contributed by atoms with Gasteiger partial charge in [-0.15, -0.1) is 12.4 Å². The molecule has 0 heterocycles. The SMILES string of the molecule is CNC(C)CNS(=O)(=O)c1ccc(C(=O)OC)c(C(F)(F)F)c1.Cl. The van der Waals surface area contributed by atoms with Crippen molar-refractivity contribution in [2.75, 3.05) is 20.7 Å². The van der Waals surface area contributed by atoms with Crippen molar-refractivity contribution in [1.82, 2.24) is 10.0 Å². The largest absolute Gasteiger partial charge is 0.465 e. The molecule has 0 aliphatic carbocycles. The number of methoxy groups -OCH3 is 1. The van der Waals surface area contributed by atoms with Crippen LogP contribution in [0.5, 0.6) is 0 Å². The molecule has 6 nitrogen and oxygen atoms in total. The monoisotopic (exact) mass is 390 g/mol. The molecule has 0 saturated carbocycles. The number of ether oxygens (including phenoxy) is 1. The van der Waals surface area contributed by atoms with Gasteiger partial charge < -0.3 is 10.1 Å². The van der Waals surface area contributed by atoms with Gasteiger partial charge in [0.15, 0.2) is 0 Å². The zero-order valence-electron chi connectivity index (χ0n) is 13.1. The number of carbonyl (C=O) groups is 1. The number of hydrogen-bond donors (Lipinski definition) is 2. The molecule has 0 saturated heterocycles. The first kappa shape index (κ1) is 22.6. The molecular weight excluding hydrogens is 373 g/mol. The predicted octanol–water partition coefficient (Wildman–Crippen LogP) is 1.80. The average molecular weight is 391 g/mol. The molecule has 1 rings (SSSR count). The second-order valence-corrected chi connectivity index (χ2v) is 6.51. The third-order valence-electron chi connectivity index (χ3n) is 3.08. The molecular formula is C13H18ClF3N2O4S. The first-order valence-corrected chi connectivity index (χ1v) is 7.97. The Hall–Kier alpha value is -1.36. The van der Waals surface area contributed by atoms with Crippen molar-refractivity contribution in [2.24, 2.45) is 0 Å². The van der Waals surface area contributed by atoms with E-state index in [4.69, 9.17) is 0 Å². The number of halogens is 4. The summed E-state index contributed by atoms with van der Waals surface area (Å²) < 4.78 is 69.7. The Labute approximate surface area is 144 Å². The van der Waals surface area contributed by atoms with Crippen LogP contribution in [-0.4, -0.2) is 41.1 Å². The molecule has 2 N–H and O–H groups in total. The molecule has 0 bridgehead atoms. The van der Waals surface area contributed by atoms with Gasteiger partial charge in [-0.3, -0.25) is 0 Å². The van der Waals surface area contributed by atoms with Gasteiger partial charge in [-0.25, -0.2) is 17.9 Å². The zero-order chi connectivity index (χ0) is 17.8. The molecule has 0 aliphatic rings. The Morgan fingerprint density at radius 1 is 1.33 bits per heavy atom. The maximum Gasteiger partial charge on any atom is 0.417 e. The summed E-state index contributed by atoms with van der Waals surface area (Å²) in [5.74, 6) is -1.20. The Morgan fingerprint density at radius 2 is 1.92 bits per heavy atom. The Morgan fingerprint density at radius 3 is 2.38 bits per heavy atom. The van der Waals surface area contributed by atoms with Crippen molar-refractivity contribution in [3.05, 3.63) is 29.3 Å². The lowest BCUT2D eigenvalue weighted by atomic mass is 10.1. The molecule has 138 valence electrons. The lowest BCUT2D eigenvalue weighted by molar-refractivity contribution is -0.138. The fourth-order valence-electron chi connectivity index (χ4n) is 1.63. The van der Waals surface area contributed by atoms with E-state index < -0.39 is 38.2 Å². The first-order chi connectivity index (χ1) is 10.5. The first-order valence-electron chi connectivity index (χ1n) is 6.49. The third kappa shape index (κ3) is 5.62. The molecule has 0 aromatic heterocycles. The maximum atomic E-state index is 13.0. The standard InChI is InChI=1S/C13H17F3N2O4S.ClH/c1-8(17-2)7-18-23(20,21)9-4-5-10(12(19)22-3)11(6-9)13(14,15)16;/h4-6,8,17-18H,7H2,1-3H3;1H. The number of likely N-dealkylation sites (N-methyl/N-ethyl adjacent to an activating group) is 1. The minimum absolute atomic E-state index is 0. The predicted molar refractivity (Wildman–Crippen MR) is 83.7 cm³/mol. The highest BCUT2D eigenvalue weighted by molar-refractivity contribution is 7.89. The summed E-state index contributed by atoms with van der Waals surface area (Å²) in [6.45, 7) is 1.70. The fourth-order valence-corrected chi connectivity index (χ4v) is 2.79. The molecule has 1 aromatic rings. The Bertz CT molecular complexity index is 680. The molecule has 1 aromatic carbocycles. The van der Waals surface area contributed by atoms with E-state index in [0.29, 0.717) is 6.07 Å². The van der Waals surface area contributed by atoms with Crippen molar-refractivity contribution in [3.63, 3.8) is 0 Å². The van der Waals surface area contributed by atoms with E-state index in [9.17, 15) is 26.4 Å². The lowest BCUT2D eigenvalue weighted by Crippen LogP contribution is -2.37. The Balaban J connectivity index is 0.00000529. The molecule has 11 heteroatoms. The minimum atomic E-state index is -4.90. The molecule has 0 amide bonds. The smallest absolute Gasteiger partial charge is 0.417 e. The van der Waals surface area contributed by atoms with Crippen LogP contribution in [-0.2, 0) is 20.9 Å². The van der Waals surface area contributed by atoms with E-state index in [2.05, 4.69) is 14.8 Å². The van der Waals surface area contributed by atoms with Gasteiger partial charge in [0.05, 0.1) is 23.1 Å². The fraction of sp³-hybridized carbons (Fsp3) is 0.462. The summed E-state index contributed by atoms with van der Waals surface area (Å²) in [6.07, 6.45) is -4.90. The highest BCUT2D eigenvalue weighted by Gasteiger charge is 2.37. The lowest BCUT2D eigenvalue weighted by Gasteiger charge is -2.15. The molecule has 1 unspecified atom stereocenters. The summed E-state index contributed by atoms with van der Waals surface area (Å²) >= 11 is 0. The average Bonchev–Trinajstić information content (AvgIpc) is 2.50. The van der Waals surface area contributed by atoms with Crippen molar-refractivity contribution in [1.29, 1.82) is 0 Å². The summed E-state index contributed by atoms with van der Waals surface area (Å²) in [4.78, 5) is 10.8. The zero-order valence-corrected chi connectivity index (χ0v) is 14.7. The number of rotatable bonds is 6. The van der Waals surface area contributed by atoms with Gasteiger partial charge in [0.2, 0.25) is 10.0 Å². The molecule has 0 radical (unpaired) electrons. The van der Waals surface area contributed by atoms with E-state index in [-0.39, 0.29) is 25.0 Å².